The fourth-order valence-electron chi connectivity index (χ4n) is 5.69. The highest BCUT2D eigenvalue weighted by Crippen LogP contribution is 2.42. The zero-order valence-corrected chi connectivity index (χ0v) is 24.8. The second-order valence-corrected chi connectivity index (χ2v) is 10.6. The van der Waals surface area contributed by atoms with Gasteiger partial charge in [-0.1, -0.05) is 29.8 Å². The number of nitro benzene ring substituents is 1. The topological polar surface area (TPSA) is 117 Å². The number of amides is 1. The van der Waals surface area contributed by atoms with Gasteiger partial charge >= 0.3 is 5.69 Å². The summed E-state index contributed by atoms with van der Waals surface area (Å²) in [5.41, 5.74) is 6.81. The molecule has 0 aliphatic carbocycles. The smallest absolute Gasteiger partial charge is 0.311 e. The van der Waals surface area contributed by atoms with Crippen LogP contribution in [0.5, 0.6) is 17.2 Å². The lowest BCUT2D eigenvalue weighted by Gasteiger charge is -2.39. The van der Waals surface area contributed by atoms with Gasteiger partial charge in [0.2, 0.25) is 5.91 Å². The average Bonchev–Trinajstić information content (AvgIpc) is 3.53. The van der Waals surface area contributed by atoms with Crippen LogP contribution in [-0.2, 0) is 24.1 Å². The van der Waals surface area contributed by atoms with Crippen molar-refractivity contribution in [1.29, 1.82) is 0 Å². The monoisotopic (exact) mass is 585 g/mol. The molecule has 0 N–H and O–H groups in total. The summed E-state index contributed by atoms with van der Waals surface area (Å²) in [6, 6.07) is 14.9. The van der Waals surface area contributed by atoms with Crippen molar-refractivity contribution in [3.05, 3.63) is 110 Å². The van der Waals surface area contributed by atoms with Crippen molar-refractivity contribution in [2.24, 2.45) is 0 Å². The highest BCUT2D eigenvalue weighted by Gasteiger charge is 2.34. The van der Waals surface area contributed by atoms with Gasteiger partial charge in [-0.05, 0) is 66.3 Å². The number of nitro groups is 1. The van der Waals surface area contributed by atoms with Gasteiger partial charge in [-0.2, -0.15) is 0 Å². The molecule has 1 amide bonds. The molecule has 5 rings (SSSR count). The van der Waals surface area contributed by atoms with Crippen LogP contribution >= 0.6 is 0 Å². The number of hydrogen-bond acceptors (Lipinski definition) is 8. The number of methoxy groups -OCH3 is 2. The van der Waals surface area contributed by atoms with E-state index in [-0.39, 0.29) is 30.0 Å². The zero-order valence-electron chi connectivity index (χ0n) is 24.8. The number of fused-ring (bicyclic) bond motifs is 1. The van der Waals surface area contributed by atoms with E-state index in [0.29, 0.717) is 43.7 Å². The van der Waals surface area contributed by atoms with Gasteiger partial charge in [0.1, 0.15) is 6.26 Å². The highest BCUT2D eigenvalue weighted by atomic mass is 16.6. The second-order valence-electron chi connectivity index (χ2n) is 10.6. The first kappa shape index (κ1) is 29.6. The van der Waals surface area contributed by atoms with Crippen LogP contribution in [0, 0.1) is 24.0 Å². The Morgan fingerprint density at radius 3 is 2.53 bits per heavy atom. The number of oxazole rings is 1. The lowest BCUT2D eigenvalue weighted by atomic mass is 9.85. The van der Waals surface area contributed by atoms with Gasteiger partial charge in [-0.3, -0.25) is 14.9 Å². The first-order valence-electron chi connectivity index (χ1n) is 14.2. The maximum Gasteiger partial charge on any atom is 0.311 e. The molecule has 3 aromatic carbocycles. The number of aromatic nitrogens is 1. The van der Waals surface area contributed by atoms with E-state index in [0.717, 1.165) is 39.1 Å². The molecule has 43 heavy (non-hydrogen) atoms. The molecule has 224 valence electrons. The first-order valence-corrected chi connectivity index (χ1v) is 14.2. The number of carbonyl (C=O) groups is 1. The molecule has 1 atom stereocenters. The van der Waals surface area contributed by atoms with Gasteiger partial charge < -0.3 is 23.5 Å². The summed E-state index contributed by atoms with van der Waals surface area (Å²) in [6.07, 6.45) is 4.88. The normalized spacial score (nSPS) is 14.2. The predicted octanol–water partition coefficient (Wildman–Crippen LogP) is 5.95. The molecule has 1 aliphatic rings. The maximum atomic E-state index is 13.7. The number of rotatable bonds is 11. The Balaban J connectivity index is 1.44. The summed E-state index contributed by atoms with van der Waals surface area (Å²) >= 11 is 0. The summed E-state index contributed by atoms with van der Waals surface area (Å²) in [5.74, 6) is 1.40. The van der Waals surface area contributed by atoms with Crippen LogP contribution in [0.15, 0.2) is 65.6 Å². The summed E-state index contributed by atoms with van der Waals surface area (Å²) in [6.45, 7) is 4.97. The quantitative estimate of drug-likeness (QED) is 0.157. The molecule has 10 heteroatoms. The molecule has 1 aliphatic heterocycles. The molecule has 1 unspecified atom stereocenters. The van der Waals surface area contributed by atoms with E-state index in [1.807, 2.05) is 17.0 Å². The van der Waals surface area contributed by atoms with E-state index in [2.05, 4.69) is 37.0 Å². The van der Waals surface area contributed by atoms with E-state index in [4.69, 9.17) is 18.6 Å². The molecule has 0 spiro atoms. The number of nitrogens with zero attached hydrogens (tertiary/aromatic N) is 3. The molecule has 0 fully saturated rings. The van der Waals surface area contributed by atoms with Crippen LogP contribution in [0.25, 0.3) is 0 Å². The van der Waals surface area contributed by atoms with Gasteiger partial charge in [0.05, 0.1) is 37.5 Å². The minimum absolute atomic E-state index is 0.0398. The third-order valence-electron chi connectivity index (χ3n) is 7.86. The zero-order chi connectivity index (χ0) is 30.5. The van der Waals surface area contributed by atoms with Gasteiger partial charge in [0, 0.05) is 31.9 Å². The Morgan fingerprint density at radius 1 is 1.02 bits per heavy atom. The molecule has 0 saturated carbocycles. The Morgan fingerprint density at radius 2 is 1.84 bits per heavy atom. The summed E-state index contributed by atoms with van der Waals surface area (Å²) in [7, 11) is 3.01. The Labute approximate surface area is 250 Å². The molecular weight excluding hydrogens is 550 g/mol. The molecule has 0 radical (unpaired) electrons. The fourth-order valence-corrected chi connectivity index (χ4v) is 5.69. The maximum absolute atomic E-state index is 13.7. The van der Waals surface area contributed by atoms with Crippen LogP contribution in [0.2, 0.25) is 0 Å². The third kappa shape index (κ3) is 6.48. The molecule has 4 aromatic rings. The van der Waals surface area contributed by atoms with E-state index in [1.165, 1.54) is 19.6 Å². The summed E-state index contributed by atoms with van der Waals surface area (Å²) < 4.78 is 22.1. The molecule has 0 bridgehead atoms. The van der Waals surface area contributed by atoms with Crippen molar-refractivity contribution in [2.45, 2.75) is 45.6 Å². The highest BCUT2D eigenvalue weighted by molar-refractivity contribution is 5.78. The van der Waals surface area contributed by atoms with Crippen molar-refractivity contribution in [1.82, 2.24) is 9.88 Å². The lowest BCUT2D eigenvalue weighted by molar-refractivity contribution is -0.385. The summed E-state index contributed by atoms with van der Waals surface area (Å²) in [4.78, 5) is 30.8. The first-order chi connectivity index (χ1) is 20.8. The van der Waals surface area contributed by atoms with E-state index in [9.17, 15) is 14.9 Å². The Bertz CT molecular complexity index is 1620. The molecular formula is C33H35N3O7. The van der Waals surface area contributed by atoms with Crippen LogP contribution in [0.4, 0.5) is 5.69 Å². The largest absolute Gasteiger partial charge is 0.493 e. The summed E-state index contributed by atoms with van der Waals surface area (Å²) in [5, 5.41) is 11.5. The van der Waals surface area contributed by atoms with Gasteiger partial charge in [-0.15, -0.1) is 0 Å². The van der Waals surface area contributed by atoms with Crippen LogP contribution in [0.3, 0.4) is 0 Å². The Hall–Kier alpha value is -4.86. The fraction of sp³-hybridized carbons (Fsp3) is 0.333. The third-order valence-corrected chi connectivity index (χ3v) is 7.86. The molecule has 1 aromatic heterocycles. The molecule has 10 nitrogen and oxygen atoms in total. The van der Waals surface area contributed by atoms with Crippen molar-refractivity contribution < 1.29 is 28.3 Å². The van der Waals surface area contributed by atoms with Crippen LogP contribution < -0.4 is 14.2 Å². The number of hydrogen-bond donors (Lipinski definition) is 0. The van der Waals surface area contributed by atoms with E-state index < -0.39 is 4.92 Å². The predicted molar refractivity (Wildman–Crippen MR) is 160 cm³/mol. The van der Waals surface area contributed by atoms with Crippen LogP contribution in [-0.4, -0.2) is 48.1 Å². The standard InChI is InChI=1S/C33H35N3O7/c1-21-5-8-26(22(2)15-21)33-27-18-31(43-14-12-23-6-9-29(40-3)28(16-23)36(38)39)30(41-4)17-24(27)11-13-35(33)32(37)10-7-25-19-42-20-34-25/h5-6,8-9,15-20,33H,7,10-14H2,1-4H3. The molecule has 0 saturated heterocycles. The Kier molecular flexibility index (Phi) is 8.94. The van der Waals surface area contributed by atoms with Crippen molar-refractivity contribution in [2.75, 3.05) is 27.4 Å². The van der Waals surface area contributed by atoms with Crippen molar-refractivity contribution in [3.8, 4) is 17.2 Å². The SMILES string of the molecule is COc1cc2c(cc1OCCc1ccc(OC)c([N+](=O)[O-])c1)C(c1ccc(C)cc1C)N(C(=O)CCc1cocn1)CC2. The van der Waals surface area contributed by atoms with Gasteiger partial charge in [0.15, 0.2) is 23.6 Å². The minimum Gasteiger partial charge on any atom is -0.493 e. The van der Waals surface area contributed by atoms with E-state index in [1.54, 1.807) is 25.5 Å². The van der Waals surface area contributed by atoms with Crippen molar-refractivity contribution >= 4 is 11.6 Å². The molecule has 2 heterocycles. The second kappa shape index (κ2) is 13.0. The number of aryl methyl sites for hydroxylation is 3. The number of ether oxygens (including phenoxy) is 3. The number of benzene rings is 3. The number of carbonyl (C=O) groups excluding carboxylic acids is 1. The minimum atomic E-state index is -0.457. The van der Waals surface area contributed by atoms with Gasteiger partial charge in [0.25, 0.3) is 0 Å². The van der Waals surface area contributed by atoms with Crippen molar-refractivity contribution in [3.63, 3.8) is 0 Å². The average molecular weight is 586 g/mol. The lowest BCUT2D eigenvalue weighted by Crippen LogP contribution is -2.41. The van der Waals surface area contributed by atoms with Gasteiger partial charge in [-0.25, -0.2) is 4.98 Å². The van der Waals surface area contributed by atoms with Crippen LogP contribution in [0.1, 0.15) is 51.5 Å². The van der Waals surface area contributed by atoms with E-state index >= 15 is 0 Å².